The van der Waals surface area contributed by atoms with Crippen LogP contribution in [-0.2, 0) is 11.3 Å². The Hall–Kier alpha value is -3.39. The van der Waals surface area contributed by atoms with Crippen molar-refractivity contribution in [2.75, 3.05) is 0 Å². The number of aromatic nitrogens is 2. The minimum Gasteiger partial charge on any atom is -0.467 e. The molecule has 0 aliphatic heterocycles. The van der Waals surface area contributed by atoms with E-state index < -0.39 is 11.1 Å². The lowest BCUT2D eigenvalue weighted by atomic mass is 10.2. The molecule has 0 fully saturated rings. The van der Waals surface area contributed by atoms with Gasteiger partial charge in [0.2, 0.25) is 5.91 Å². The van der Waals surface area contributed by atoms with Gasteiger partial charge in [-0.3, -0.25) is 14.2 Å². The number of hydrogen-bond acceptors (Lipinski definition) is 5. The van der Waals surface area contributed by atoms with Crippen molar-refractivity contribution in [1.82, 2.24) is 14.9 Å². The van der Waals surface area contributed by atoms with Crippen LogP contribution in [0.2, 0.25) is 0 Å². The first kappa shape index (κ1) is 19.9. The second kappa shape index (κ2) is 8.54. The summed E-state index contributed by atoms with van der Waals surface area (Å²) in [6, 6.07) is 16.2. The molecule has 0 saturated heterocycles. The molecule has 4 rings (SSSR count). The second-order valence-corrected chi connectivity index (χ2v) is 7.90. The predicted octanol–water partition coefficient (Wildman–Crippen LogP) is 3.91. The lowest BCUT2D eigenvalue weighted by Crippen LogP contribution is -2.31. The topological polar surface area (TPSA) is 77.1 Å². The lowest BCUT2D eigenvalue weighted by Gasteiger charge is -2.16. The number of hydrogen-bond donors (Lipinski definition) is 1. The number of fused-ring (bicyclic) bond motifs is 1. The Kier molecular flexibility index (Phi) is 5.67. The third kappa shape index (κ3) is 4.13. The van der Waals surface area contributed by atoms with E-state index in [4.69, 9.17) is 4.42 Å². The molecule has 30 heavy (non-hydrogen) atoms. The summed E-state index contributed by atoms with van der Waals surface area (Å²) in [7, 11) is 0. The van der Waals surface area contributed by atoms with E-state index in [1.807, 2.05) is 0 Å². The molecule has 2 aromatic carbocycles. The van der Waals surface area contributed by atoms with Crippen molar-refractivity contribution < 1.29 is 13.6 Å². The maximum Gasteiger partial charge on any atom is 0.266 e. The number of nitrogens with one attached hydrogen (secondary N) is 1. The highest BCUT2D eigenvalue weighted by molar-refractivity contribution is 8.00. The number of carbonyl (C=O) groups excluding carboxylic acids is 1. The quantitative estimate of drug-likeness (QED) is 0.376. The Labute approximate surface area is 175 Å². The fraction of sp³-hybridized carbons (Fsp3) is 0.136. The molecule has 0 spiro atoms. The van der Waals surface area contributed by atoms with Crippen LogP contribution in [0.15, 0.2) is 81.3 Å². The van der Waals surface area contributed by atoms with Crippen LogP contribution < -0.4 is 10.9 Å². The first-order chi connectivity index (χ1) is 14.5. The van der Waals surface area contributed by atoms with E-state index in [2.05, 4.69) is 10.3 Å². The van der Waals surface area contributed by atoms with Gasteiger partial charge in [0, 0.05) is 0 Å². The first-order valence-corrected chi connectivity index (χ1v) is 10.2. The van der Waals surface area contributed by atoms with Crippen molar-refractivity contribution in [3.8, 4) is 5.69 Å². The van der Waals surface area contributed by atoms with Crippen molar-refractivity contribution in [1.29, 1.82) is 0 Å². The van der Waals surface area contributed by atoms with Crippen LogP contribution in [0.25, 0.3) is 16.6 Å². The van der Waals surface area contributed by atoms with Crippen molar-refractivity contribution in [3.63, 3.8) is 0 Å². The van der Waals surface area contributed by atoms with Crippen LogP contribution in [0.4, 0.5) is 4.39 Å². The number of amides is 1. The van der Waals surface area contributed by atoms with Crippen LogP contribution in [0.1, 0.15) is 12.7 Å². The number of carbonyl (C=O) groups is 1. The van der Waals surface area contributed by atoms with Gasteiger partial charge in [-0.05, 0) is 49.4 Å². The minimum atomic E-state index is -0.548. The van der Waals surface area contributed by atoms with Gasteiger partial charge in [-0.1, -0.05) is 30.0 Å². The zero-order chi connectivity index (χ0) is 21.1. The smallest absolute Gasteiger partial charge is 0.266 e. The Bertz CT molecular complexity index is 1250. The van der Waals surface area contributed by atoms with Gasteiger partial charge < -0.3 is 9.73 Å². The van der Waals surface area contributed by atoms with Crippen molar-refractivity contribution in [3.05, 3.63) is 88.9 Å². The van der Waals surface area contributed by atoms with Gasteiger partial charge in [0.15, 0.2) is 5.16 Å². The molecule has 0 bridgehead atoms. The van der Waals surface area contributed by atoms with Crippen molar-refractivity contribution in [2.45, 2.75) is 23.9 Å². The van der Waals surface area contributed by atoms with E-state index in [1.165, 1.54) is 29.0 Å². The Balaban J connectivity index is 1.69. The van der Waals surface area contributed by atoms with Crippen LogP contribution in [-0.4, -0.2) is 20.7 Å². The van der Waals surface area contributed by atoms with Crippen molar-refractivity contribution in [2.24, 2.45) is 0 Å². The molecule has 1 N–H and O–H groups in total. The first-order valence-electron chi connectivity index (χ1n) is 9.27. The normalized spacial score (nSPS) is 12.1. The van der Waals surface area contributed by atoms with E-state index in [0.29, 0.717) is 27.5 Å². The summed E-state index contributed by atoms with van der Waals surface area (Å²) in [5.74, 6) is -0.0570. The minimum absolute atomic E-state index is 0.232. The summed E-state index contributed by atoms with van der Waals surface area (Å²) in [5, 5.41) is 2.98. The fourth-order valence-electron chi connectivity index (χ4n) is 2.98. The molecule has 4 aromatic rings. The molecule has 0 saturated carbocycles. The fourth-order valence-corrected chi connectivity index (χ4v) is 3.93. The zero-order valence-corrected chi connectivity index (χ0v) is 16.9. The van der Waals surface area contributed by atoms with Gasteiger partial charge in [-0.15, -0.1) is 0 Å². The van der Waals surface area contributed by atoms with E-state index in [0.717, 1.165) is 11.8 Å². The van der Waals surface area contributed by atoms with Gasteiger partial charge >= 0.3 is 0 Å². The molecule has 0 radical (unpaired) electrons. The molecule has 2 heterocycles. The molecule has 6 nitrogen and oxygen atoms in total. The summed E-state index contributed by atoms with van der Waals surface area (Å²) in [6.07, 6.45) is 1.54. The molecule has 1 atom stereocenters. The third-order valence-corrected chi connectivity index (χ3v) is 5.53. The highest BCUT2D eigenvalue weighted by atomic mass is 32.2. The van der Waals surface area contributed by atoms with Crippen LogP contribution >= 0.6 is 11.8 Å². The van der Waals surface area contributed by atoms with Gasteiger partial charge in [-0.25, -0.2) is 9.37 Å². The summed E-state index contributed by atoms with van der Waals surface area (Å²) in [6.45, 7) is 1.98. The van der Waals surface area contributed by atoms with E-state index in [9.17, 15) is 14.0 Å². The van der Waals surface area contributed by atoms with E-state index in [1.54, 1.807) is 49.4 Å². The summed E-state index contributed by atoms with van der Waals surface area (Å²) in [4.78, 5) is 30.3. The molecular weight excluding hydrogens is 405 g/mol. The lowest BCUT2D eigenvalue weighted by molar-refractivity contribution is -0.120. The number of halogens is 1. The standard InChI is InChI=1S/C22H18FN3O3S/c1-14(20(27)24-13-17-8-5-11-29-17)30-22-25-19-10-3-2-9-18(19)21(28)26(22)16-7-4-6-15(23)12-16/h2-12,14H,13H2,1H3,(H,24,27). The highest BCUT2D eigenvalue weighted by Gasteiger charge is 2.20. The number of rotatable bonds is 6. The third-order valence-electron chi connectivity index (χ3n) is 4.48. The maximum atomic E-state index is 13.8. The molecule has 0 aliphatic rings. The molecule has 1 amide bonds. The maximum absolute atomic E-state index is 13.8. The van der Waals surface area contributed by atoms with Crippen LogP contribution in [0.3, 0.4) is 0 Å². The Morgan fingerprint density at radius 1 is 1.20 bits per heavy atom. The molecule has 152 valence electrons. The monoisotopic (exact) mass is 423 g/mol. The predicted molar refractivity (Wildman–Crippen MR) is 113 cm³/mol. The second-order valence-electron chi connectivity index (χ2n) is 6.59. The number of nitrogens with zero attached hydrogens (tertiary/aromatic N) is 2. The molecule has 0 aliphatic carbocycles. The Morgan fingerprint density at radius 2 is 2.03 bits per heavy atom. The van der Waals surface area contributed by atoms with Gasteiger partial charge in [-0.2, -0.15) is 0 Å². The Morgan fingerprint density at radius 3 is 2.80 bits per heavy atom. The number of thioether (sulfide) groups is 1. The average Bonchev–Trinajstić information content (AvgIpc) is 3.26. The van der Waals surface area contributed by atoms with Gasteiger partial charge in [0.05, 0.1) is 34.6 Å². The van der Waals surface area contributed by atoms with Crippen molar-refractivity contribution >= 4 is 28.6 Å². The average molecular weight is 423 g/mol. The molecule has 1 unspecified atom stereocenters. The number of benzene rings is 2. The highest BCUT2D eigenvalue weighted by Crippen LogP contribution is 2.25. The zero-order valence-electron chi connectivity index (χ0n) is 16.0. The molecule has 8 heteroatoms. The summed E-state index contributed by atoms with van der Waals surface area (Å²) < 4.78 is 20.4. The van der Waals surface area contributed by atoms with Crippen LogP contribution in [0, 0.1) is 5.82 Å². The van der Waals surface area contributed by atoms with Gasteiger partial charge in [0.1, 0.15) is 11.6 Å². The number of para-hydroxylation sites is 1. The summed E-state index contributed by atoms with van der Waals surface area (Å²) in [5.41, 5.74) is 0.543. The van der Waals surface area contributed by atoms with E-state index in [-0.39, 0.29) is 18.0 Å². The SMILES string of the molecule is CC(Sc1nc2ccccc2c(=O)n1-c1cccc(F)c1)C(=O)NCc1ccco1. The molecular formula is C22H18FN3O3S. The number of furan rings is 1. The molecule has 2 aromatic heterocycles. The van der Waals surface area contributed by atoms with Gasteiger partial charge in [0.25, 0.3) is 5.56 Å². The van der Waals surface area contributed by atoms with E-state index >= 15 is 0 Å². The van der Waals surface area contributed by atoms with Crippen LogP contribution in [0.5, 0.6) is 0 Å². The largest absolute Gasteiger partial charge is 0.467 e. The summed E-state index contributed by atoms with van der Waals surface area (Å²) >= 11 is 1.13.